The van der Waals surface area contributed by atoms with Crippen LogP contribution in [0.5, 0.6) is 0 Å². The standard InChI is InChI=1S/C11H23NO2/c1-9(2)6-7-12(4)10(3)8-11(13)14-5/h9-10H,6-8H2,1-5H3. The van der Waals surface area contributed by atoms with Crippen LogP contribution in [0.1, 0.15) is 33.6 Å². The monoisotopic (exact) mass is 201 g/mol. The number of carbonyl (C=O) groups excluding carboxylic acids is 1. The van der Waals surface area contributed by atoms with Gasteiger partial charge in [0.15, 0.2) is 0 Å². The molecule has 0 aliphatic carbocycles. The minimum atomic E-state index is -0.131. The van der Waals surface area contributed by atoms with Crippen LogP contribution in [0.2, 0.25) is 0 Å². The molecule has 0 rings (SSSR count). The van der Waals surface area contributed by atoms with Crippen molar-refractivity contribution in [2.45, 2.75) is 39.7 Å². The number of carbonyl (C=O) groups is 1. The molecule has 3 heteroatoms. The SMILES string of the molecule is COC(=O)CC(C)N(C)CCC(C)C. The molecule has 0 heterocycles. The number of esters is 1. The van der Waals surface area contributed by atoms with Crippen LogP contribution in [0.4, 0.5) is 0 Å². The Balaban J connectivity index is 3.75. The predicted molar refractivity (Wildman–Crippen MR) is 58.2 cm³/mol. The van der Waals surface area contributed by atoms with E-state index in [1.165, 1.54) is 13.5 Å². The van der Waals surface area contributed by atoms with Gasteiger partial charge in [-0.1, -0.05) is 13.8 Å². The Labute approximate surface area is 87.4 Å². The highest BCUT2D eigenvalue weighted by atomic mass is 16.5. The largest absolute Gasteiger partial charge is 0.469 e. The molecular formula is C11H23NO2. The molecule has 0 amide bonds. The highest BCUT2D eigenvalue weighted by Gasteiger charge is 2.13. The van der Waals surface area contributed by atoms with Gasteiger partial charge in [0.1, 0.15) is 0 Å². The number of ether oxygens (including phenoxy) is 1. The zero-order valence-electron chi connectivity index (χ0n) is 10.0. The predicted octanol–water partition coefficient (Wildman–Crippen LogP) is 1.92. The zero-order chi connectivity index (χ0) is 11.1. The highest BCUT2D eigenvalue weighted by molar-refractivity contribution is 5.69. The molecule has 0 saturated carbocycles. The van der Waals surface area contributed by atoms with Crippen molar-refractivity contribution in [2.75, 3.05) is 20.7 Å². The first-order valence-corrected chi connectivity index (χ1v) is 5.24. The zero-order valence-corrected chi connectivity index (χ0v) is 10.0. The average molecular weight is 201 g/mol. The number of hydrogen-bond acceptors (Lipinski definition) is 3. The maximum atomic E-state index is 11.0. The first-order chi connectivity index (χ1) is 6.47. The van der Waals surface area contributed by atoms with Crippen molar-refractivity contribution in [3.05, 3.63) is 0 Å². The average Bonchev–Trinajstić information content (AvgIpc) is 2.13. The van der Waals surface area contributed by atoms with E-state index in [0.29, 0.717) is 12.3 Å². The van der Waals surface area contributed by atoms with E-state index in [-0.39, 0.29) is 12.0 Å². The molecule has 1 atom stereocenters. The van der Waals surface area contributed by atoms with Crippen LogP contribution >= 0.6 is 0 Å². The number of methoxy groups -OCH3 is 1. The maximum Gasteiger partial charge on any atom is 0.307 e. The molecule has 0 aliphatic heterocycles. The summed E-state index contributed by atoms with van der Waals surface area (Å²) in [5.74, 6) is 0.580. The second kappa shape index (κ2) is 6.82. The van der Waals surface area contributed by atoms with E-state index in [2.05, 4.69) is 37.5 Å². The van der Waals surface area contributed by atoms with E-state index in [0.717, 1.165) is 6.54 Å². The Morgan fingerprint density at radius 1 is 1.36 bits per heavy atom. The van der Waals surface area contributed by atoms with Gasteiger partial charge in [-0.25, -0.2) is 0 Å². The molecule has 0 bridgehead atoms. The molecule has 0 aromatic heterocycles. The summed E-state index contributed by atoms with van der Waals surface area (Å²) >= 11 is 0. The van der Waals surface area contributed by atoms with Crippen LogP contribution in [-0.2, 0) is 9.53 Å². The summed E-state index contributed by atoms with van der Waals surface area (Å²) in [4.78, 5) is 13.2. The normalized spacial score (nSPS) is 13.4. The van der Waals surface area contributed by atoms with E-state index in [9.17, 15) is 4.79 Å². The van der Waals surface area contributed by atoms with Crippen molar-refractivity contribution in [1.29, 1.82) is 0 Å². The molecule has 14 heavy (non-hydrogen) atoms. The Morgan fingerprint density at radius 2 is 1.93 bits per heavy atom. The van der Waals surface area contributed by atoms with Crippen molar-refractivity contribution in [2.24, 2.45) is 5.92 Å². The Morgan fingerprint density at radius 3 is 2.36 bits per heavy atom. The molecule has 0 N–H and O–H groups in total. The van der Waals surface area contributed by atoms with E-state index in [1.54, 1.807) is 0 Å². The molecule has 3 nitrogen and oxygen atoms in total. The van der Waals surface area contributed by atoms with Crippen LogP contribution < -0.4 is 0 Å². The fourth-order valence-electron chi connectivity index (χ4n) is 1.16. The molecule has 0 radical (unpaired) electrons. The van der Waals surface area contributed by atoms with Gasteiger partial charge >= 0.3 is 5.97 Å². The topological polar surface area (TPSA) is 29.5 Å². The quantitative estimate of drug-likeness (QED) is 0.615. The van der Waals surface area contributed by atoms with E-state index in [1.807, 2.05) is 0 Å². The maximum absolute atomic E-state index is 11.0. The fourth-order valence-corrected chi connectivity index (χ4v) is 1.16. The highest BCUT2D eigenvalue weighted by Crippen LogP contribution is 2.06. The van der Waals surface area contributed by atoms with Crippen molar-refractivity contribution in [3.8, 4) is 0 Å². The fraction of sp³-hybridized carbons (Fsp3) is 0.909. The van der Waals surface area contributed by atoms with Gasteiger partial charge in [-0.05, 0) is 32.9 Å². The van der Waals surface area contributed by atoms with E-state index < -0.39 is 0 Å². The Bertz CT molecular complexity index is 169. The first kappa shape index (κ1) is 13.4. The second-order valence-corrected chi connectivity index (χ2v) is 4.29. The van der Waals surface area contributed by atoms with Crippen LogP contribution in [0, 0.1) is 5.92 Å². The summed E-state index contributed by atoms with van der Waals surface area (Å²) in [6.07, 6.45) is 1.65. The summed E-state index contributed by atoms with van der Waals surface area (Å²) in [7, 11) is 3.49. The van der Waals surface area contributed by atoms with Gasteiger partial charge in [0.05, 0.1) is 13.5 Å². The molecule has 0 aliphatic rings. The third-order valence-corrected chi connectivity index (χ3v) is 2.50. The lowest BCUT2D eigenvalue weighted by molar-refractivity contribution is -0.141. The summed E-state index contributed by atoms with van der Waals surface area (Å²) in [6.45, 7) is 7.50. The molecule has 0 spiro atoms. The second-order valence-electron chi connectivity index (χ2n) is 4.29. The van der Waals surface area contributed by atoms with Gasteiger partial charge in [0.25, 0.3) is 0 Å². The van der Waals surface area contributed by atoms with E-state index >= 15 is 0 Å². The lowest BCUT2D eigenvalue weighted by atomic mass is 10.1. The van der Waals surface area contributed by atoms with Gasteiger partial charge in [-0.15, -0.1) is 0 Å². The molecule has 0 fully saturated rings. The number of hydrogen-bond donors (Lipinski definition) is 0. The Kier molecular flexibility index (Phi) is 6.54. The van der Waals surface area contributed by atoms with Gasteiger partial charge in [-0.3, -0.25) is 4.79 Å². The minimum Gasteiger partial charge on any atom is -0.469 e. The van der Waals surface area contributed by atoms with Gasteiger partial charge in [0, 0.05) is 6.04 Å². The van der Waals surface area contributed by atoms with Crippen molar-refractivity contribution >= 4 is 5.97 Å². The molecular weight excluding hydrogens is 178 g/mol. The lowest BCUT2D eigenvalue weighted by Crippen LogP contribution is -2.32. The van der Waals surface area contributed by atoms with Crippen LogP contribution in [-0.4, -0.2) is 37.6 Å². The third-order valence-electron chi connectivity index (χ3n) is 2.50. The molecule has 84 valence electrons. The first-order valence-electron chi connectivity index (χ1n) is 5.24. The van der Waals surface area contributed by atoms with Crippen molar-refractivity contribution in [1.82, 2.24) is 4.90 Å². The lowest BCUT2D eigenvalue weighted by Gasteiger charge is -2.24. The summed E-state index contributed by atoms with van der Waals surface area (Å²) in [6, 6.07) is 0.265. The van der Waals surface area contributed by atoms with Gasteiger partial charge in [0.2, 0.25) is 0 Å². The molecule has 0 aromatic carbocycles. The van der Waals surface area contributed by atoms with E-state index in [4.69, 9.17) is 0 Å². The third kappa shape index (κ3) is 5.97. The molecule has 1 unspecified atom stereocenters. The summed E-state index contributed by atoms with van der Waals surface area (Å²) in [5, 5.41) is 0. The van der Waals surface area contributed by atoms with Crippen molar-refractivity contribution in [3.63, 3.8) is 0 Å². The van der Waals surface area contributed by atoms with Gasteiger partial charge in [-0.2, -0.15) is 0 Å². The summed E-state index contributed by atoms with van der Waals surface area (Å²) < 4.78 is 4.63. The van der Waals surface area contributed by atoms with Gasteiger partial charge < -0.3 is 9.64 Å². The van der Waals surface area contributed by atoms with Crippen molar-refractivity contribution < 1.29 is 9.53 Å². The molecule has 0 aromatic rings. The number of nitrogens with zero attached hydrogens (tertiary/aromatic N) is 1. The van der Waals surface area contributed by atoms with Crippen LogP contribution in [0.25, 0.3) is 0 Å². The summed E-state index contributed by atoms with van der Waals surface area (Å²) in [5.41, 5.74) is 0. The smallest absolute Gasteiger partial charge is 0.307 e. The Hall–Kier alpha value is -0.570. The number of rotatable bonds is 6. The van der Waals surface area contributed by atoms with Crippen LogP contribution in [0.15, 0.2) is 0 Å². The molecule has 0 saturated heterocycles. The minimum absolute atomic E-state index is 0.131. The van der Waals surface area contributed by atoms with Crippen LogP contribution in [0.3, 0.4) is 0 Å².